The molecule has 1 aromatic heterocycles. The smallest absolute Gasteiger partial charge is 0.267 e. The van der Waals surface area contributed by atoms with Crippen LogP contribution in [0.1, 0.15) is 15.4 Å². The van der Waals surface area contributed by atoms with E-state index in [-0.39, 0.29) is 5.91 Å². The summed E-state index contributed by atoms with van der Waals surface area (Å²) in [4.78, 5) is 16.6. The van der Waals surface area contributed by atoms with Gasteiger partial charge >= 0.3 is 0 Å². The van der Waals surface area contributed by atoms with Gasteiger partial charge in [0.15, 0.2) is 0 Å². The number of nitrogens with one attached hydrogen (secondary N) is 1. The van der Waals surface area contributed by atoms with Crippen molar-refractivity contribution < 1.29 is 9.53 Å². The Balaban J connectivity index is 2.10. The van der Waals surface area contributed by atoms with E-state index in [0.717, 1.165) is 17.1 Å². The van der Waals surface area contributed by atoms with E-state index in [1.54, 1.807) is 36.9 Å². The molecule has 0 aliphatic carbocycles. The third-order valence-corrected chi connectivity index (χ3v) is 3.23. The summed E-state index contributed by atoms with van der Waals surface area (Å²) in [6.07, 6.45) is 0. The minimum atomic E-state index is -0.129. The van der Waals surface area contributed by atoms with Crippen LogP contribution in [0.2, 0.25) is 0 Å². The molecule has 1 heterocycles. The monoisotopic (exact) mass is 248 g/mol. The van der Waals surface area contributed by atoms with Crippen LogP contribution in [0, 0.1) is 6.92 Å². The molecule has 0 aliphatic rings. The summed E-state index contributed by atoms with van der Waals surface area (Å²) in [5.74, 6) is 0.632. The van der Waals surface area contributed by atoms with Crippen molar-refractivity contribution in [1.29, 1.82) is 0 Å². The van der Waals surface area contributed by atoms with Gasteiger partial charge in [-0.05, 0) is 31.2 Å². The average molecular weight is 248 g/mol. The zero-order chi connectivity index (χ0) is 12.3. The Morgan fingerprint density at radius 1 is 1.35 bits per heavy atom. The minimum absolute atomic E-state index is 0.129. The third-order valence-electron chi connectivity index (χ3n) is 2.30. The van der Waals surface area contributed by atoms with Crippen LogP contribution >= 0.6 is 11.3 Å². The molecule has 17 heavy (non-hydrogen) atoms. The molecular formula is C12H12N2O2S. The van der Waals surface area contributed by atoms with E-state index >= 15 is 0 Å². The Kier molecular flexibility index (Phi) is 3.39. The summed E-state index contributed by atoms with van der Waals surface area (Å²) in [5.41, 5.74) is 3.16. The Labute approximate surface area is 103 Å². The number of nitrogens with zero attached hydrogens (tertiary/aromatic N) is 1. The Morgan fingerprint density at radius 3 is 2.59 bits per heavy atom. The van der Waals surface area contributed by atoms with Crippen LogP contribution < -0.4 is 10.1 Å². The molecule has 1 aromatic carbocycles. The van der Waals surface area contributed by atoms with Gasteiger partial charge < -0.3 is 10.1 Å². The van der Waals surface area contributed by atoms with Crippen LogP contribution in [-0.2, 0) is 0 Å². The SMILES string of the molecule is COc1ccc(NC(=O)c2scnc2C)cc1. The highest BCUT2D eigenvalue weighted by molar-refractivity contribution is 7.12. The zero-order valence-electron chi connectivity index (χ0n) is 9.56. The highest BCUT2D eigenvalue weighted by Crippen LogP contribution is 2.18. The highest BCUT2D eigenvalue weighted by Gasteiger charge is 2.11. The fourth-order valence-corrected chi connectivity index (χ4v) is 2.08. The van der Waals surface area contributed by atoms with Crippen LogP contribution in [0.4, 0.5) is 5.69 Å². The van der Waals surface area contributed by atoms with Gasteiger partial charge in [0.1, 0.15) is 10.6 Å². The lowest BCUT2D eigenvalue weighted by Crippen LogP contribution is -2.11. The molecule has 0 aliphatic heterocycles. The molecule has 5 heteroatoms. The molecule has 0 fully saturated rings. The third kappa shape index (κ3) is 2.62. The zero-order valence-corrected chi connectivity index (χ0v) is 10.4. The number of benzene rings is 1. The molecule has 0 saturated heterocycles. The number of carbonyl (C=O) groups is 1. The Bertz CT molecular complexity index is 520. The molecule has 0 unspecified atom stereocenters. The fraction of sp³-hybridized carbons (Fsp3) is 0.167. The van der Waals surface area contributed by atoms with E-state index in [1.165, 1.54) is 11.3 Å². The van der Waals surface area contributed by atoms with Gasteiger partial charge in [-0.15, -0.1) is 11.3 Å². The summed E-state index contributed by atoms with van der Waals surface area (Å²) in [7, 11) is 1.61. The number of aryl methyl sites for hydroxylation is 1. The summed E-state index contributed by atoms with van der Waals surface area (Å²) in [5, 5.41) is 2.81. The summed E-state index contributed by atoms with van der Waals surface area (Å²) in [6.45, 7) is 1.82. The van der Waals surface area contributed by atoms with Crippen LogP contribution in [0.3, 0.4) is 0 Å². The van der Waals surface area contributed by atoms with Gasteiger partial charge in [0.25, 0.3) is 5.91 Å². The van der Waals surface area contributed by atoms with Gasteiger partial charge in [0, 0.05) is 5.69 Å². The number of carbonyl (C=O) groups excluding carboxylic acids is 1. The summed E-state index contributed by atoms with van der Waals surface area (Å²) in [6, 6.07) is 7.20. The van der Waals surface area contributed by atoms with Crippen LogP contribution in [0.5, 0.6) is 5.75 Å². The van der Waals surface area contributed by atoms with Gasteiger partial charge in [-0.2, -0.15) is 0 Å². The van der Waals surface area contributed by atoms with Gasteiger partial charge in [0.05, 0.1) is 18.3 Å². The van der Waals surface area contributed by atoms with Crippen LogP contribution in [-0.4, -0.2) is 18.0 Å². The van der Waals surface area contributed by atoms with Gasteiger partial charge in [0.2, 0.25) is 0 Å². The topological polar surface area (TPSA) is 51.2 Å². The first-order valence-corrected chi connectivity index (χ1v) is 5.94. The molecule has 0 bridgehead atoms. The van der Waals surface area contributed by atoms with Gasteiger partial charge in [-0.25, -0.2) is 4.98 Å². The molecular weight excluding hydrogens is 236 g/mol. The van der Waals surface area contributed by atoms with Crippen molar-refractivity contribution in [3.8, 4) is 5.75 Å². The molecule has 2 aromatic rings. The van der Waals surface area contributed by atoms with Crippen LogP contribution in [0.15, 0.2) is 29.8 Å². The molecule has 1 amide bonds. The predicted molar refractivity (Wildman–Crippen MR) is 67.8 cm³/mol. The first kappa shape index (κ1) is 11.6. The van der Waals surface area contributed by atoms with Crippen molar-refractivity contribution in [2.75, 3.05) is 12.4 Å². The Hall–Kier alpha value is -1.88. The first-order valence-electron chi connectivity index (χ1n) is 5.06. The van der Waals surface area contributed by atoms with Crippen molar-refractivity contribution in [2.45, 2.75) is 6.92 Å². The van der Waals surface area contributed by atoms with E-state index < -0.39 is 0 Å². The molecule has 4 nitrogen and oxygen atoms in total. The van der Waals surface area contributed by atoms with E-state index in [2.05, 4.69) is 10.3 Å². The molecule has 0 spiro atoms. The normalized spacial score (nSPS) is 10.0. The number of anilines is 1. The second-order valence-electron chi connectivity index (χ2n) is 3.45. The van der Waals surface area contributed by atoms with Crippen molar-refractivity contribution in [1.82, 2.24) is 4.98 Å². The maximum absolute atomic E-state index is 11.9. The number of rotatable bonds is 3. The lowest BCUT2D eigenvalue weighted by atomic mass is 10.3. The second kappa shape index (κ2) is 4.97. The minimum Gasteiger partial charge on any atom is -0.497 e. The van der Waals surface area contributed by atoms with E-state index in [1.807, 2.05) is 6.92 Å². The maximum atomic E-state index is 11.9. The number of aromatic nitrogens is 1. The number of thiazole rings is 1. The lowest BCUT2D eigenvalue weighted by Gasteiger charge is -2.05. The quantitative estimate of drug-likeness (QED) is 0.908. The average Bonchev–Trinajstić information content (AvgIpc) is 2.76. The highest BCUT2D eigenvalue weighted by atomic mass is 32.1. The summed E-state index contributed by atoms with van der Waals surface area (Å²) >= 11 is 1.34. The number of hydrogen-bond donors (Lipinski definition) is 1. The molecule has 0 atom stereocenters. The number of amides is 1. The van der Waals surface area contributed by atoms with E-state index in [4.69, 9.17) is 4.74 Å². The molecule has 88 valence electrons. The van der Waals surface area contributed by atoms with E-state index in [9.17, 15) is 4.79 Å². The first-order chi connectivity index (χ1) is 8.20. The molecule has 1 N–H and O–H groups in total. The van der Waals surface area contributed by atoms with Gasteiger partial charge in [-0.1, -0.05) is 0 Å². The molecule has 0 saturated carbocycles. The van der Waals surface area contributed by atoms with Gasteiger partial charge in [-0.3, -0.25) is 4.79 Å². The van der Waals surface area contributed by atoms with Crippen molar-refractivity contribution in [3.05, 3.63) is 40.3 Å². The second-order valence-corrected chi connectivity index (χ2v) is 4.30. The van der Waals surface area contributed by atoms with Crippen molar-refractivity contribution in [2.24, 2.45) is 0 Å². The lowest BCUT2D eigenvalue weighted by molar-refractivity contribution is 0.103. The maximum Gasteiger partial charge on any atom is 0.267 e. The number of hydrogen-bond acceptors (Lipinski definition) is 4. The largest absolute Gasteiger partial charge is 0.497 e. The molecule has 0 radical (unpaired) electrons. The number of ether oxygens (including phenoxy) is 1. The standard InChI is InChI=1S/C12H12N2O2S/c1-8-11(17-7-13-8)12(15)14-9-3-5-10(16-2)6-4-9/h3-7H,1-2H3,(H,14,15). The van der Waals surface area contributed by atoms with E-state index in [0.29, 0.717) is 4.88 Å². The predicted octanol–water partition coefficient (Wildman–Crippen LogP) is 2.71. The fourth-order valence-electron chi connectivity index (χ4n) is 1.38. The Morgan fingerprint density at radius 2 is 2.06 bits per heavy atom. The summed E-state index contributed by atoms with van der Waals surface area (Å²) < 4.78 is 5.04. The van der Waals surface area contributed by atoms with Crippen molar-refractivity contribution in [3.63, 3.8) is 0 Å². The molecule has 2 rings (SSSR count). The number of methoxy groups -OCH3 is 1. The van der Waals surface area contributed by atoms with Crippen LogP contribution in [0.25, 0.3) is 0 Å². The van der Waals surface area contributed by atoms with Crippen molar-refractivity contribution >= 4 is 22.9 Å².